The third-order valence-electron chi connectivity index (χ3n) is 4.21. The van der Waals surface area contributed by atoms with Crippen molar-refractivity contribution in [3.05, 3.63) is 59.9 Å². The lowest BCUT2D eigenvalue weighted by Crippen LogP contribution is -2.27. The topological polar surface area (TPSA) is 49.4 Å². The summed E-state index contributed by atoms with van der Waals surface area (Å²) >= 11 is 1.54. The minimum Gasteiger partial charge on any atom is -0.326 e. The third kappa shape index (κ3) is 4.25. The largest absolute Gasteiger partial charge is 0.326 e. The van der Waals surface area contributed by atoms with Gasteiger partial charge < -0.3 is 5.32 Å². The van der Waals surface area contributed by atoms with Gasteiger partial charge in [0, 0.05) is 17.8 Å². The molecule has 4 nitrogen and oxygen atoms in total. The molecule has 1 fully saturated rings. The highest BCUT2D eigenvalue weighted by Gasteiger charge is 2.33. The van der Waals surface area contributed by atoms with Crippen LogP contribution in [0.4, 0.5) is 15.8 Å². The summed E-state index contributed by atoms with van der Waals surface area (Å²) < 4.78 is 13.2. The van der Waals surface area contributed by atoms with Crippen LogP contribution in [0, 0.1) is 5.82 Å². The molecule has 0 radical (unpaired) electrons. The number of thioether (sulfide) groups is 1. The fourth-order valence-electron chi connectivity index (χ4n) is 2.84. The minimum absolute atomic E-state index is 0.00329. The fraction of sp³-hybridized carbons (Fsp3) is 0.300. The summed E-state index contributed by atoms with van der Waals surface area (Å²) in [5, 5.41) is 2.73. The Morgan fingerprint density at radius 3 is 2.54 bits per heavy atom. The molecule has 26 heavy (non-hydrogen) atoms. The number of benzene rings is 2. The molecule has 1 aliphatic rings. The quantitative estimate of drug-likeness (QED) is 0.797. The maximum Gasteiger partial charge on any atom is 0.238 e. The molecule has 1 heterocycles. The normalized spacial score (nSPS) is 16.8. The molecule has 2 aromatic carbocycles. The lowest BCUT2D eigenvalue weighted by atomic mass is 10.1. The second-order valence-corrected chi connectivity index (χ2v) is 7.25. The number of hydrogen-bond donors (Lipinski definition) is 1. The molecule has 1 saturated heterocycles. The second-order valence-electron chi connectivity index (χ2n) is 6.18. The van der Waals surface area contributed by atoms with E-state index in [-0.39, 0.29) is 23.0 Å². The average Bonchev–Trinajstić information content (AvgIpc) is 3.03. The van der Waals surface area contributed by atoms with Crippen molar-refractivity contribution in [3.63, 3.8) is 0 Å². The molecule has 0 unspecified atom stereocenters. The molecule has 1 N–H and O–H groups in total. The van der Waals surface area contributed by atoms with Gasteiger partial charge >= 0.3 is 0 Å². The first kappa shape index (κ1) is 18.5. The van der Waals surface area contributed by atoms with Gasteiger partial charge in [0.25, 0.3) is 0 Å². The third-order valence-corrected chi connectivity index (χ3v) is 5.42. The number of hydrogen-bond acceptors (Lipinski definition) is 3. The van der Waals surface area contributed by atoms with E-state index < -0.39 is 0 Å². The predicted molar refractivity (Wildman–Crippen MR) is 104 cm³/mol. The minimum atomic E-state index is -0.326. The van der Waals surface area contributed by atoms with Crippen LogP contribution in [0.15, 0.2) is 48.5 Å². The number of unbranched alkanes of at least 4 members (excludes halogenated alkanes) is 1. The highest BCUT2D eigenvalue weighted by molar-refractivity contribution is 8.00. The first-order valence-corrected chi connectivity index (χ1v) is 9.72. The van der Waals surface area contributed by atoms with Crippen LogP contribution >= 0.6 is 11.8 Å². The molecule has 2 aromatic rings. The van der Waals surface area contributed by atoms with Crippen molar-refractivity contribution in [3.8, 4) is 0 Å². The zero-order valence-corrected chi connectivity index (χ0v) is 15.4. The fourth-order valence-corrected chi connectivity index (χ4v) is 4.02. The van der Waals surface area contributed by atoms with Crippen molar-refractivity contribution < 1.29 is 14.0 Å². The highest BCUT2D eigenvalue weighted by atomic mass is 32.2. The second kappa shape index (κ2) is 8.36. The van der Waals surface area contributed by atoms with Gasteiger partial charge in [-0.2, -0.15) is 0 Å². The molecule has 6 heteroatoms. The smallest absolute Gasteiger partial charge is 0.238 e. The number of carbonyl (C=O) groups is 2. The maximum absolute atomic E-state index is 13.2. The van der Waals surface area contributed by atoms with E-state index >= 15 is 0 Å². The van der Waals surface area contributed by atoms with Gasteiger partial charge in [0.1, 0.15) is 11.2 Å². The van der Waals surface area contributed by atoms with E-state index in [1.54, 1.807) is 17.0 Å². The summed E-state index contributed by atoms with van der Waals surface area (Å²) in [5.74, 6) is 0.0756. The van der Waals surface area contributed by atoms with Crippen molar-refractivity contribution in [1.29, 1.82) is 0 Å². The standard InChI is InChI=1S/C20H21FN2O2S/c1-2-3-4-18(24)22-16-9-5-14(6-10-16)20-23(19(25)13-26-20)17-11-7-15(21)8-12-17/h5-12,20H,2-4,13H2,1H3,(H,22,24)/t20-/m0/s1. The molecular weight excluding hydrogens is 351 g/mol. The van der Waals surface area contributed by atoms with E-state index in [0.29, 0.717) is 17.9 Å². The van der Waals surface area contributed by atoms with Crippen LogP contribution in [0.25, 0.3) is 0 Å². The van der Waals surface area contributed by atoms with Gasteiger partial charge in [-0.1, -0.05) is 25.5 Å². The Bertz CT molecular complexity index is 777. The molecule has 1 aliphatic heterocycles. The molecule has 136 valence electrons. The van der Waals surface area contributed by atoms with E-state index in [4.69, 9.17) is 0 Å². The zero-order chi connectivity index (χ0) is 18.5. The molecule has 0 aromatic heterocycles. The predicted octanol–water partition coefficient (Wildman–Crippen LogP) is 4.73. The molecule has 0 saturated carbocycles. The van der Waals surface area contributed by atoms with E-state index in [1.807, 2.05) is 24.3 Å². The number of amides is 2. The van der Waals surface area contributed by atoms with Crippen LogP contribution in [0.5, 0.6) is 0 Å². The molecule has 3 rings (SSSR count). The van der Waals surface area contributed by atoms with Gasteiger partial charge in [0.15, 0.2) is 0 Å². The number of rotatable bonds is 6. The van der Waals surface area contributed by atoms with Gasteiger partial charge in [-0.05, 0) is 48.4 Å². The monoisotopic (exact) mass is 372 g/mol. The molecule has 0 aliphatic carbocycles. The Morgan fingerprint density at radius 2 is 1.88 bits per heavy atom. The first-order valence-electron chi connectivity index (χ1n) is 8.67. The van der Waals surface area contributed by atoms with Crippen molar-refractivity contribution in [2.24, 2.45) is 0 Å². The first-order chi connectivity index (χ1) is 12.6. The van der Waals surface area contributed by atoms with Crippen LogP contribution in [0.2, 0.25) is 0 Å². The van der Waals surface area contributed by atoms with Crippen LogP contribution in [-0.4, -0.2) is 17.6 Å². The number of halogens is 1. The van der Waals surface area contributed by atoms with Gasteiger partial charge in [0.2, 0.25) is 11.8 Å². The van der Waals surface area contributed by atoms with Gasteiger partial charge in [-0.3, -0.25) is 14.5 Å². The Balaban J connectivity index is 1.74. The van der Waals surface area contributed by atoms with Gasteiger partial charge in [-0.15, -0.1) is 11.8 Å². The van der Waals surface area contributed by atoms with Gasteiger partial charge in [-0.25, -0.2) is 4.39 Å². The molecular formula is C20H21FN2O2S. The zero-order valence-electron chi connectivity index (χ0n) is 14.6. The SMILES string of the molecule is CCCCC(=O)Nc1ccc([C@@H]2SCC(=O)N2c2ccc(F)cc2)cc1. The summed E-state index contributed by atoms with van der Waals surface area (Å²) in [6, 6.07) is 13.5. The van der Waals surface area contributed by atoms with E-state index in [1.165, 1.54) is 23.9 Å². The van der Waals surface area contributed by atoms with E-state index in [0.717, 1.165) is 24.1 Å². The number of anilines is 2. The summed E-state index contributed by atoms with van der Waals surface area (Å²) in [6.07, 6.45) is 2.37. The van der Waals surface area contributed by atoms with E-state index in [9.17, 15) is 14.0 Å². The summed E-state index contributed by atoms with van der Waals surface area (Å²) in [6.45, 7) is 2.05. The molecule has 1 atom stereocenters. The lowest BCUT2D eigenvalue weighted by Gasteiger charge is -2.24. The van der Waals surface area contributed by atoms with Crippen molar-refractivity contribution >= 4 is 35.0 Å². The van der Waals surface area contributed by atoms with Crippen LogP contribution in [0.1, 0.15) is 37.1 Å². The van der Waals surface area contributed by atoms with Crippen molar-refractivity contribution in [2.45, 2.75) is 31.6 Å². The Kier molecular flexibility index (Phi) is 5.93. The number of nitrogens with one attached hydrogen (secondary N) is 1. The average molecular weight is 372 g/mol. The maximum atomic E-state index is 13.2. The van der Waals surface area contributed by atoms with Crippen molar-refractivity contribution in [1.82, 2.24) is 0 Å². The van der Waals surface area contributed by atoms with Crippen LogP contribution in [-0.2, 0) is 9.59 Å². The summed E-state index contributed by atoms with van der Waals surface area (Å²) in [7, 11) is 0. The van der Waals surface area contributed by atoms with Crippen molar-refractivity contribution in [2.75, 3.05) is 16.0 Å². The Labute approximate surface area is 156 Å². The number of nitrogens with zero attached hydrogens (tertiary/aromatic N) is 1. The summed E-state index contributed by atoms with van der Waals surface area (Å²) in [5.41, 5.74) is 2.40. The Hall–Kier alpha value is -2.34. The summed E-state index contributed by atoms with van der Waals surface area (Å²) in [4.78, 5) is 25.8. The van der Waals surface area contributed by atoms with Crippen LogP contribution < -0.4 is 10.2 Å². The molecule has 0 bridgehead atoms. The van der Waals surface area contributed by atoms with E-state index in [2.05, 4.69) is 12.2 Å². The van der Waals surface area contributed by atoms with Crippen LogP contribution in [0.3, 0.4) is 0 Å². The highest BCUT2D eigenvalue weighted by Crippen LogP contribution is 2.41. The Morgan fingerprint density at radius 1 is 1.19 bits per heavy atom. The van der Waals surface area contributed by atoms with Gasteiger partial charge in [0.05, 0.1) is 5.75 Å². The molecule has 0 spiro atoms. The number of carbonyl (C=O) groups excluding carboxylic acids is 2. The molecule has 2 amide bonds. The lowest BCUT2D eigenvalue weighted by molar-refractivity contribution is -0.116.